The first-order valence-corrected chi connectivity index (χ1v) is 6.50. The molecule has 2 rings (SSSR count). The molecule has 1 aromatic rings. The second kappa shape index (κ2) is 4.79. The minimum atomic E-state index is 0.0873. The molecular formula is C15H23NO. The van der Waals surface area contributed by atoms with Crippen LogP contribution in [0.15, 0.2) is 30.3 Å². The third-order valence-electron chi connectivity index (χ3n) is 4.43. The van der Waals surface area contributed by atoms with Gasteiger partial charge in [-0.1, -0.05) is 30.3 Å². The van der Waals surface area contributed by atoms with Crippen LogP contribution in [0.2, 0.25) is 0 Å². The van der Waals surface area contributed by atoms with Crippen molar-refractivity contribution in [1.29, 1.82) is 0 Å². The number of aliphatic hydroxyl groups excluding tert-OH is 1. The van der Waals surface area contributed by atoms with E-state index in [0.717, 1.165) is 13.0 Å². The number of benzene rings is 1. The molecule has 1 fully saturated rings. The van der Waals surface area contributed by atoms with Gasteiger partial charge in [-0.25, -0.2) is 0 Å². The standard InChI is InChI=1S/C15H23NO/c1-12(13-7-5-4-6-8-13)16-10-9-14(11-17)15(16,2)3/h4-8,12,14,17H,9-11H2,1-3H3. The van der Waals surface area contributed by atoms with Gasteiger partial charge in [0.05, 0.1) is 0 Å². The lowest BCUT2D eigenvalue weighted by Crippen LogP contribution is -2.44. The van der Waals surface area contributed by atoms with Crippen molar-refractivity contribution in [3.63, 3.8) is 0 Å². The summed E-state index contributed by atoms with van der Waals surface area (Å²) in [7, 11) is 0. The summed E-state index contributed by atoms with van der Waals surface area (Å²) >= 11 is 0. The van der Waals surface area contributed by atoms with E-state index in [0.29, 0.717) is 18.6 Å². The normalized spacial score (nSPS) is 26.0. The molecule has 1 aliphatic heterocycles. The van der Waals surface area contributed by atoms with E-state index in [4.69, 9.17) is 0 Å². The predicted molar refractivity (Wildman–Crippen MR) is 70.8 cm³/mol. The van der Waals surface area contributed by atoms with E-state index in [9.17, 15) is 5.11 Å². The number of aliphatic hydroxyl groups is 1. The van der Waals surface area contributed by atoms with Crippen molar-refractivity contribution in [3.8, 4) is 0 Å². The maximum absolute atomic E-state index is 9.45. The van der Waals surface area contributed by atoms with Crippen molar-refractivity contribution in [1.82, 2.24) is 4.90 Å². The Balaban J connectivity index is 2.19. The largest absolute Gasteiger partial charge is 0.396 e. The molecule has 1 N–H and O–H groups in total. The molecule has 1 aliphatic rings. The highest BCUT2D eigenvalue weighted by molar-refractivity contribution is 5.19. The van der Waals surface area contributed by atoms with E-state index in [-0.39, 0.29) is 5.54 Å². The van der Waals surface area contributed by atoms with Crippen LogP contribution in [0, 0.1) is 5.92 Å². The highest BCUT2D eigenvalue weighted by Gasteiger charge is 2.42. The number of rotatable bonds is 3. The van der Waals surface area contributed by atoms with E-state index >= 15 is 0 Å². The van der Waals surface area contributed by atoms with Gasteiger partial charge in [-0.05, 0) is 39.3 Å². The Labute approximate surface area is 104 Å². The molecule has 0 radical (unpaired) electrons. The lowest BCUT2D eigenvalue weighted by Gasteiger charge is -2.39. The van der Waals surface area contributed by atoms with Crippen molar-refractivity contribution in [2.45, 2.75) is 38.8 Å². The monoisotopic (exact) mass is 233 g/mol. The van der Waals surface area contributed by atoms with Crippen molar-refractivity contribution < 1.29 is 5.11 Å². The maximum atomic E-state index is 9.45. The molecular weight excluding hydrogens is 210 g/mol. The van der Waals surface area contributed by atoms with Crippen LogP contribution in [0.3, 0.4) is 0 Å². The Kier molecular flexibility index (Phi) is 3.55. The van der Waals surface area contributed by atoms with E-state index in [1.54, 1.807) is 0 Å². The summed E-state index contributed by atoms with van der Waals surface area (Å²) in [5.41, 5.74) is 1.45. The van der Waals surface area contributed by atoms with Crippen LogP contribution in [0.5, 0.6) is 0 Å². The van der Waals surface area contributed by atoms with Crippen LogP contribution in [0.1, 0.15) is 38.8 Å². The van der Waals surface area contributed by atoms with Gasteiger partial charge in [-0.3, -0.25) is 4.90 Å². The molecule has 0 bridgehead atoms. The average Bonchev–Trinajstić information content (AvgIpc) is 2.64. The van der Waals surface area contributed by atoms with Crippen LogP contribution in [0.25, 0.3) is 0 Å². The predicted octanol–water partition coefficient (Wildman–Crippen LogP) is 2.84. The van der Waals surface area contributed by atoms with Crippen molar-refractivity contribution in [2.24, 2.45) is 5.92 Å². The van der Waals surface area contributed by atoms with Crippen LogP contribution >= 0.6 is 0 Å². The molecule has 2 unspecified atom stereocenters. The van der Waals surface area contributed by atoms with Gasteiger partial charge in [0.1, 0.15) is 0 Å². The zero-order valence-electron chi connectivity index (χ0n) is 11.1. The highest BCUT2D eigenvalue weighted by Crippen LogP contribution is 2.39. The van der Waals surface area contributed by atoms with Gasteiger partial charge in [0, 0.05) is 24.1 Å². The molecule has 1 heterocycles. The summed E-state index contributed by atoms with van der Waals surface area (Å²) in [6.45, 7) is 8.14. The van der Waals surface area contributed by atoms with Gasteiger partial charge in [0.2, 0.25) is 0 Å². The third-order valence-corrected chi connectivity index (χ3v) is 4.43. The van der Waals surface area contributed by atoms with Crippen LogP contribution in [0.4, 0.5) is 0 Å². The molecule has 0 aliphatic carbocycles. The molecule has 1 saturated heterocycles. The molecule has 0 saturated carbocycles. The molecule has 2 atom stereocenters. The first-order chi connectivity index (χ1) is 8.07. The second-order valence-electron chi connectivity index (χ2n) is 5.60. The topological polar surface area (TPSA) is 23.5 Å². The first-order valence-electron chi connectivity index (χ1n) is 6.50. The summed E-state index contributed by atoms with van der Waals surface area (Å²) in [5, 5.41) is 9.45. The Morgan fingerprint density at radius 3 is 2.53 bits per heavy atom. The fraction of sp³-hybridized carbons (Fsp3) is 0.600. The van der Waals surface area contributed by atoms with E-state index in [1.807, 2.05) is 0 Å². The summed E-state index contributed by atoms with van der Waals surface area (Å²) in [6, 6.07) is 11.0. The minimum Gasteiger partial charge on any atom is -0.396 e. The first kappa shape index (κ1) is 12.6. The molecule has 0 amide bonds. The molecule has 94 valence electrons. The van der Waals surface area contributed by atoms with Crippen LogP contribution in [-0.4, -0.2) is 28.7 Å². The van der Waals surface area contributed by atoms with E-state index in [1.165, 1.54) is 5.56 Å². The lowest BCUT2D eigenvalue weighted by molar-refractivity contribution is 0.0710. The van der Waals surface area contributed by atoms with Crippen molar-refractivity contribution in [2.75, 3.05) is 13.2 Å². The molecule has 0 aromatic heterocycles. The fourth-order valence-corrected chi connectivity index (χ4v) is 3.09. The van der Waals surface area contributed by atoms with Crippen LogP contribution < -0.4 is 0 Å². The minimum absolute atomic E-state index is 0.0873. The van der Waals surface area contributed by atoms with Gasteiger partial charge in [-0.15, -0.1) is 0 Å². The van der Waals surface area contributed by atoms with Crippen molar-refractivity contribution >= 4 is 0 Å². The zero-order chi connectivity index (χ0) is 12.5. The number of hydrogen-bond donors (Lipinski definition) is 1. The smallest absolute Gasteiger partial charge is 0.0477 e. The number of nitrogens with zero attached hydrogens (tertiary/aromatic N) is 1. The second-order valence-corrected chi connectivity index (χ2v) is 5.60. The van der Waals surface area contributed by atoms with E-state index < -0.39 is 0 Å². The molecule has 1 aromatic carbocycles. The average molecular weight is 233 g/mol. The molecule has 17 heavy (non-hydrogen) atoms. The summed E-state index contributed by atoms with van der Waals surface area (Å²) in [6.07, 6.45) is 1.10. The SMILES string of the molecule is CC(c1ccccc1)N1CCC(CO)C1(C)C. The van der Waals surface area contributed by atoms with E-state index in [2.05, 4.69) is 56.0 Å². The highest BCUT2D eigenvalue weighted by atomic mass is 16.3. The summed E-state index contributed by atoms with van der Waals surface area (Å²) in [4.78, 5) is 2.52. The summed E-state index contributed by atoms with van der Waals surface area (Å²) < 4.78 is 0. The Morgan fingerprint density at radius 2 is 2.00 bits per heavy atom. The van der Waals surface area contributed by atoms with Gasteiger partial charge < -0.3 is 5.11 Å². The summed E-state index contributed by atoms with van der Waals surface area (Å²) in [5.74, 6) is 0.397. The Morgan fingerprint density at radius 1 is 1.35 bits per heavy atom. The fourth-order valence-electron chi connectivity index (χ4n) is 3.09. The lowest BCUT2D eigenvalue weighted by atomic mass is 9.88. The van der Waals surface area contributed by atoms with Crippen molar-refractivity contribution in [3.05, 3.63) is 35.9 Å². The molecule has 2 nitrogen and oxygen atoms in total. The molecule has 2 heteroatoms. The van der Waals surface area contributed by atoms with Gasteiger partial charge in [0.25, 0.3) is 0 Å². The molecule has 0 spiro atoms. The maximum Gasteiger partial charge on any atom is 0.0477 e. The number of hydrogen-bond acceptors (Lipinski definition) is 2. The van der Waals surface area contributed by atoms with Gasteiger partial charge >= 0.3 is 0 Å². The Hall–Kier alpha value is -0.860. The number of likely N-dealkylation sites (tertiary alicyclic amines) is 1. The zero-order valence-corrected chi connectivity index (χ0v) is 11.1. The Bertz CT molecular complexity index is 360. The van der Waals surface area contributed by atoms with Gasteiger partial charge in [0.15, 0.2) is 0 Å². The van der Waals surface area contributed by atoms with Crippen LogP contribution in [-0.2, 0) is 0 Å². The van der Waals surface area contributed by atoms with Gasteiger partial charge in [-0.2, -0.15) is 0 Å². The quantitative estimate of drug-likeness (QED) is 0.867. The third kappa shape index (κ3) is 2.24.